The van der Waals surface area contributed by atoms with E-state index in [4.69, 9.17) is 0 Å². The Labute approximate surface area is 123 Å². The summed E-state index contributed by atoms with van der Waals surface area (Å²) in [6.07, 6.45) is 8.14. The van der Waals surface area contributed by atoms with E-state index in [1.807, 2.05) is 6.20 Å². The molecule has 1 heterocycles. The van der Waals surface area contributed by atoms with Crippen LogP contribution in [0.4, 0.5) is 0 Å². The van der Waals surface area contributed by atoms with Crippen molar-refractivity contribution in [3.05, 3.63) is 16.6 Å². The van der Waals surface area contributed by atoms with Gasteiger partial charge in [0.25, 0.3) is 0 Å². The predicted molar refractivity (Wildman–Crippen MR) is 85.8 cm³/mol. The standard InChI is InChI=1S/C16H30N2S/c1-6-8-9-16(7-2,13-18-15(3,4)5)12-14-17-10-11-19-14/h10-11,18H,6-9,12-13H2,1-5H3. The Morgan fingerprint density at radius 3 is 2.47 bits per heavy atom. The number of hydrogen-bond acceptors (Lipinski definition) is 3. The van der Waals surface area contributed by atoms with Crippen LogP contribution in [0.25, 0.3) is 0 Å². The van der Waals surface area contributed by atoms with E-state index in [1.54, 1.807) is 11.3 Å². The van der Waals surface area contributed by atoms with Gasteiger partial charge >= 0.3 is 0 Å². The second-order valence-electron chi connectivity index (χ2n) is 6.66. The first kappa shape index (κ1) is 16.6. The lowest BCUT2D eigenvalue weighted by molar-refractivity contribution is 0.206. The van der Waals surface area contributed by atoms with Gasteiger partial charge in [-0.3, -0.25) is 0 Å². The molecule has 1 N–H and O–H groups in total. The highest BCUT2D eigenvalue weighted by Crippen LogP contribution is 2.33. The molecule has 2 nitrogen and oxygen atoms in total. The van der Waals surface area contributed by atoms with E-state index in [1.165, 1.54) is 30.7 Å². The monoisotopic (exact) mass is 282 g/mol. The number of unbranched alkanes of at least 4 members (excludes halogenated alkanes) is 1. The largest absolute Gasteiger partial charge is 0.312 e. The summed E-state index contributed by atoms with van der Waals surface area (Å²) in [6.45, 7) is 12.4. The molecule has 0 aliphatic carbocycles. The average molecular weight is 282 g/mol. The molecule has 1 unspecified atom stereocenters. The maximum atomic E-state index is 4.49. The van der Waals surface area contributed by atoms with Gasteiger partial charge in [0.2, 0.25) is 0 Å². The summed E-state index contributed by atoms with van der Waals surface area (Å²) in [5, 5.41) is 7.09. The highest BCUT2D eigenvalue weighted by Gasteiger charge is 2.30. The van der Waals surface area contributed by atoms with Crippen molar-refractivity contribution in [1.29, 1.82) is 0 Å². The van der Waals surface area contributed by atoms with Crippen LogP contribution in [0.15, 0.2) is 11.6 Å². The first-order valence-corrected chi connectivity index (χ1v) is 8.42. The van der Waals surface area contributed by atoms with E-state index in [0.717, 1.165) is 13.0 Å². The summed E-state index contributed by atoms with van der Waals surface area (Å²) in [5.74, 6) is 0. The third-order valence-corrected chi connectivity index (χ3v) is 4.59. The topological polar surface area (TPSA) is 24.9 Å². The van der Waals surface area contributed by atoms with Crippen LogP contribution in [0, 0.1) is 5.41 Å². The number of nitrogens with one attached hydrogen (secondary N) is 1. The van der Waals surface area contributed by atoms with Gasteiger partial charge < -0.3 is 5.32 Å². The van der Waals surface area contributed by atoms with Crippen LogP contribution in [0.5, 0.6) is 0 Å². The first-order chi connectivity index (χ1) is 8.91. The third-order valence-electron chi connectivity index (χ3n) is 3.81. The van der Waals surface area contributed by atoms with Gasteiger partial charge in [-0.1, -0.05) is 26.7 Å². The Hall–Kier alpha value is -0.410. The zero-order valence-corrected chi connectivity index (χ0v) is 14.1. The molecule has 1 aromatic heterocycles. The van der Waals surface area contributed by atoms with Crippen molar-refractivity contribution in [2.24, 2.45) is 5.41 Å². The Kier molecular flexibility index (Phi) is 6.48. The molecule has 0 bridgehead atoms. The molecule has 3 heteroatoms. The van der Waals surface area contributed by atoms with Crippen LogP contribution in [0.2, 0.25) is 0 Å². The summed E-state index contributed by atoms with van der Waals surface area (Å²) < 4.78 is 0. The highest BCUT2D eigenvalue weighted by molar-refractivity contribution is 7.09. The quantitative estimate of drug-likeness (QED) is 0.750. The zero-order chi connectivity index (χ0) is 14.4. The van der Waals surface area contributed by atoms with Crippen molar-refractivity contribution in [2.75, 3.05) is 6.54 Å². The van der Waals surface area contributed by atoms with E-state index in [2.05, 4.69) is 50.3 Å². The molecule has 0 aliphatic rings. The van der Waals surface area contributed by atoms with Crippen molar-refractivity contribution in [1.82, 2.24) is 10.3 Å². The molecular weight excluding hydrogens is 252 g/mol. The molecule has 0 saturated heterocycles. The van der Waals surface area contributed by atoms with Crippen molar-refractivity contribution in [3.8, 4) is 0 Å². The fraction of sp³-hybridized carbons (Fsp3) is 0.812. The van der Waals surface area contributed by atoms with Gasteiger partial charge in [-0.25, -0.2) is 4.98 Å². The van der Waals surface area contributed by atoms with E-state index < -0.39 is 0 Å². The van der Waals surface area contributed by atoms with Crippen LogP contribution in [0.1, 0.15) is 65.3 Å². The number of nitrogens with zero attached hydrogens (tertiary/aromatic N) is 1. The van der Waals surface area contributed by atoms with Gasteiger partial charge in [-0.15, -0.1) is 11.3 Å². The van der Waals surface area contributed by atoms with Gasteiger partial charge in [0.1, 0.15) is 0 Å². The lowest BCUT2D eigenvalue weighted by Crippen LogP contribution is -2.44. The van der Waals surface area contributed by atoms with Crippen LogP contribution in [0.3, 0.4) is 0 Å². The fourth-order valence-corrected chi connectivity index (χ4v) is 3.12. The summed E-state index contributed by atoms with van der Waals surface area (Å²) in [4.78, 5) is 4.49. The summed E-state index contributed by atoms with van der Waals surface area (Å²) >= 11 is 1.79. The smallest absolute Gasteiger partial charge is 0.0930 e. The summed E-state index contributed by atoms with van der Waals surface area (Å²) in [7, 11) is 0. The van der Waals surface area contributed by atoms with E-state index >= 15 is 0 Å². The van der Waals surface area contributed by atoms with Crippen molar-refractivity contribution >= 4 is 11.3 Å². The van der Waals surface area contributed by atoms with E-state index in [9.17, 15) is 0 Å². The molecule has 0 amide bonds. The lowest BCUT2D eigenvalue weighted by atomic mass is 9.77. The molecule has 1 rings (SSSR count). The van der Waals surface area contributed by atoms with E-state index in [-0.39, 0.29) is 5.54 Å². The van der Waals surface area contributed by atoms with Crippen molar-refractivity contribution < 1.29 is 0 Å². The van der Waals surface area contributed by atoms with Crippen molar-refractivity contribution in [3.63, 3.8) is 0 Å². The molecule has 1 aromatic rings. The minimum Gasteiger partial charge on any atom is -0.312 e. The minimum atomic E-state index is 0.190. The third kappa shape index (κ3) is 6.05. The SMILES string of the molecule is CCCCC(CC)(CNC(C)(C)C)Cc1nccs1. The molecular formula is C16H30N2S. The maximum Gasteiger partial charge on any atom is 0.0930 e. The van der Waals surface area contributed by atoms with Crippen LogP contribution in [-0.4, -0.2) is 17.1 Å². The number of rotatable bonds is 8. The second kappa shape index (κ2) is 7.39. The molecule has 1 atom stereocenters. The van der Waals surface area contributed by atoms with Gasteiger partial charge in [0.15, 0.2) is 0 Å². The van der Waals surface area contributed by atoms with E-state index in [0.29, 0.717) is 5.41 Å². The normalized spacial score (nSPS) is 15.4. The van der Waals surface area contributed by atoms with Gasteiger partial charge in [-0.2, -0.15) is 0 Å². The van der Waals surface area contributed by atoms with Gasteiger partial charge in [0.05, 0.1) is 5.01 Å². The Balaban J connectivity index is 2.74. The molecule has 0 saturated carbocycles. The number of aromatic nitrogens is 1. The predicted octanol–water partition coefficient (Wildman–Crippen LogP) is 4.66. The van der Waals surface area contributed by atoms with Crippen LogP contribution in [-0.2, 0) is 6.42 Å². The maximum absolute atomic E-state index is 4.49. The fourth-order valence-electron chi connectivity index (χ4n) is 2.33. The van der Waals surface area contributed by atoms with Crippen LogP contribution < -0.4 is 5.32 Å². The molecule has 110 valence electrons. The second-order valence-corrected chi connectivity index (χ2v) is 7.64. The number of thiazole rings is 1. The zero-order valence-electron chi connectivity index (χ0n) is 13.3. The van der Waals surface area contributed by atoms with Gasteiger partial charge in [-0.05, 0) is 39.0 Å². The molecule has 0 spiro atoms. The van der Waals surface area contributed by atoms with Crippen LogP contribution >= 0.6 is 11.3 Å². The first-order valence-electron chi connectivity index (χ1n) is 7.54. The summed E-state index contributed by atoms with van der Waals surface area (Å²) in [6, 6.07) is 0. The average Bonchev–Trinajstić information content (AvgIpc) is 2.84. The lowest BCUT2D eigenvalue weighted by Gasteiger charge is -2.36. The minimum absolute atomic E-state index is 0.190. The summed E-state index contributed by atoms with van der Waals surface area (Å²) in [5.41, 5.74) is 0.552. The highest BCUT2D eigenvalue weighted by atomic mass is 32.1. The Bertz CT molecular complexity index is 340. The Morgan fingerprint density at radius 1 is 1.26 bits per heavy atom. The molecule has 19 heavy (non-hydrogen) atoms. The molecule has 0 fully saturated rings. The molecule has 0 aliphatic heterocycles. The Morgan fingerprint density at radius 2 is 2.00 bits per heavy atom. The van der Waals surface area contributed by atoms with Crippen molar-refractivity contribution in [2.45, 2.75) is 72.3 Å². The van der Waals surface area contributed by atoms with Gasteiger partial charge in [0, 0.05) is 30.1 Å². The molecule has 0 radical (unpaired) electrons. The number of hydrogen-bond donors (Lipinski definition) is 1. The molecule has 0 aromatic carbocycles.